The van der Waals surface area contributed by atoms with Crippen LogP contribution in [0.25, 0.3) is 0 Å². The summed E-state index contributed by atoms with van der Waals surface area (Å²) in [6, 6.07) is 5.17. The first kappa shape index (κ1) is 29.9. The molecule has 13 heteroatoms. The maximum atomic E-state index is 12.0. The molecule has 3 rings (SSSR count). The summed E-state index contributed by atoms with van der Waals surface area (Å²) in [6.45, 7) is 0.295. The van der Waals surface area contributed by atoms with Crippen LogP contribution < -0.4 is 10.1 Å². The Morgan fingerprint density at radius 3 is 2.59 bits per heavy atom. The molecule has 0 aromatic heterocycles. The van der Waals surface area contributed by atoms with E-state index < -0.39 is 42.4 Å². The molecule has 4 atom stereocenters. The van der Waals surface area contributed by atoms with Gasteiger partial charge in [0.25, 0.3) is 11.8 Å². The first-order valence-electron chi connectivity index (χ1n) is 12.5. The lowest BCUT2D eigenvalue weighted by Crippen LogP contribution is -2.52. The van der Waals surface area contributed by atoms with E-state index >= 15 is 0 Å². The van der Waals surface area contributed by atoms with Crippen LogP contribution in [-0.2, 0) is 46.5 Å². The Morgan fingerprint density at radius 2 is 1.90 bits per heavy atom. The number of aldehydes is 1. The summed E-state index contributed by atoms with van der Waals surface area (Å²) in [4.78, 5) is 58.0. The molecule has 4 N–H and O–H groups in total. The smallest absolute Gasteiger partial charge is 0.333 e. The third kappa shape index (κ3) is 8.68. The zero-order chi connectivity index (χ0) is 28.4. The van der Waals surface area contributed by atoms with Crippen LogP contribution in [-0.4, -0.2) is 94.5 Å². The molecule has 1 aromatic carbocycles. The quantitative estimate of drug-likeness (QED) is 0.125. The van der Waals surface area contributed by atoms with Gasteiger partial charge < -0.3 is 39.6 Å². The highest BCUT2D eigenvalue weighted by Gasteiger charge is 2.41. The van der Waals surface area contributed by atoms with Crippen molar-refractivity contribution in [1.82, 2.24) is 10.2 Å². The number of rotatable bonds is 15. The van der Waals surface area contributed by atoms with E-state index in [0.29, 0.717) is 31.2 Å². The summed E-state index contributed by atoms with van der Waals surface area (Å²) in [6.07, 6.45) is -0.865. The number of carboxylic acids is 1. The second-order valence-electron chi connectivity index (χ2n) is 9.09. The van der Waals surface area contributed by atoms with E-state index in [-0.39, 0.29) is 44.3 Å². The molecule has 0 spiro atoms. The van der Waals surface area contributed by atoms with E-state index in [4.69, 9.17) is 14.2 Å². The fourth-order valence-electron chi connectivity index (χ4n) is 4.09. The van der Waals surface area contributed by atoms with E-state index in [1.54, 1.807) is 18.2 Å². The molecule has 0 radical (unpaired) electrons. The number of amides is 3. The third-order valence-corrected chi connectivity index (χ3v) is 6.19. The first-order valence-corrected chi connectivity index (χ1v) is 12.5. The summed E-state index contributed by atoms with van der Waals surface area (Å²) in [5, 5.41) is 32.2. The van der Waals surface area contributed by atoms with E-state index in [0.717, 1.165) is 16.9 Å². The molecule has 13 nitrogen and oxygen atoms in total. The summed E-state index contributed by atoms with van der Waals surface area (Å²) in [5.74, 6) is -2.16. The number of carboxylic acid groups (broad SMARTS) is 1. The second kappa shape index (κ2) is 14.5. The highest BCUT2D eigenvalue weighted by Crippen LogP contribution is 2.28. The number of aliphatic carboxylic acids is 1. The van der Waals surface area contributed by atoms with Crippen LogP contribution in [0.3, 0.4) is 0 Å². The molecule has 0 saturated carbocycles. The molecule has 1 fully saturated rings. The highest BCUT2D eigenvalue weighted by atomic mass is 16.7. The number of carbonyl (C=O) groups excluding carboxylic acids is 4. The summed E-state index contributed by atoms with van der Waals surface area (Å²) < 4.78 is 16.3. The van der Waals surface area contributed by atoms with Gasteiger partial charge >= 0.3 is 5.97 Å². The molecular weight excluding hydrogens is 516 g/mol. The zero-order valence-electron chi connectivity index (χ0n) is 21.2. The first-order chi connectivity index (χ1) is 18.7. The van der Waals surface area contributed by atoms with Crippen LogP contribution in [0.15, 0.2) is 30.4 Å². The molecule has 2 aliphatic rings. The van der Waals surface area contributed by atoms with Crippen LogP contribution in [0.1, 0.15) is 36.8 Å². The second-order valence-corrected chi connectivity index (χ2v) is 9.09. The number of hydrogen-bond acceptors (Lipinski definition) is 10. The average molecular weight is 549 g/mol. The van der Waals surface area contributed by atoms with Gasteiger partial charge in [-0.1, -0.05) is 6.07 Å². The van der Waals surface area contributed by atoms with Crippen molar-refractivity contribution in [2.24, 2.45) is 0 Å². The standard InChI is InChI=1S/C26H32N2O11/c29-11-12-37-15-17-13-16(3-1-2-9-27-21(31)8-10-28-22(32)6-7-23(28)33)4-5-19(17)38-26-24(34)18(30)14-20(39-26)25(35)36/h4-7,11,13,18,20,24,26,30,34H,1-3,8-10,12,14-15H2,(H,27,31)(H,35,36)/t18-,20-,24+,26+/m0/s1. The van der Waals surface area contributed by atoms with Crippen molar-refractivity contribution in [1.29, 1.82) is 0 Å². The molecule has 39 heavy (non-hydrogen) atoms. The minimum absolute atomic E-state index is 0.00322. The molecule has 2 heterocycles. The summed E-state index contributed by atoms with van der Waals surface area (Å²) in [5.41, 5.74) is 1.44. The van der Waals surface area contributed by atoms with Gasteiger partial charge in [0.2, 0.25) is 12.2 Å². The Kier molecular flexibility index (Phi) is 11.1. The maximum Gasteiger partial charge on any atom is 0.333 e. The maximum absolute atomic E-state index is 12.0. The minimum atomic E-state index is -1.47. The highest BCUT2D eigenvalue weighted by molar-refractivity contribution is 6.13. The van der Waals surface area contributed by atoms with E-state index in [1.807, 2.05) is 0 Å². The molecule has 1 aromatic rings. The Morgan fingerprint density at radius 1 is 1.15 bits per heavy atom. The van der Waals surface area contributed by atoms with Crippen LogP contribution in [0.4, 0.5) is 0 Å². The lowest BCUT2D eigenvalue weighted by molar-refractivity contribution is -0.238. The number of imide groups is 1. The van der Waals surface area contributed by atoms with Crippen LogP contribution in [0, 0.1) is 0 Å². The van der Waals surface area contributed by atoms with Crippen molar-refractivity contribution in [3.8, 4) is 5.75 Å². The molecule has 0 aliphatic carbocycles. The number of aliphatic hydroxyl groups is 2. The number of benzene rings is 1. The Bertz CT molecular complexity index is 1070. The molecule has 1 saturated heterocycles. The van der Waals surface area contributed by atoms with Crippen molar-refractivity contribution < 1.29 is 53.5 Å². The van der Waals surface area contributed by atoms with Crippen molar-refractivity contribution >= 4 is 30.0 Å². The number of carbonyl (C=O) groups is 5. The van der Waals surface area contributed by atoms with Crippen molar-refractivity contribution in [2.45, 2.75) is 63.3 Å². The van der Waals surface area contributed by atoms with Gasteiger partial charge in [-0.25, -0.2) is 4.79 Å². The number of aryl methyl sites for hydroxylation is 1. The lowest BCUT2D eigenvalue weighted by atomic mass is 10.0. The number of hydrogen-bond donors (Lipinski definition) is 4. The SMILES string of the molecule is O=CCOCc1cc(CCCCNC(=O)CCN2C(=O)C=CC2=O)ccc1O[C@@H]1O[C@H](C(=O)O)C[C@H](O)[C@H]1O. The lowest BCUT2D eigenvalue weighted by Gasteiger charge is -2.35. The average Bonchev–Trinajstić information content (AvgIpc) is 3.23. The molecule has 0 bridgehead atoms. The van der Waals surface area contributed by atoms with Crippen molar-refractivity contribution in [3.63, 3.8) is 0 Å². The number of ether oxygens (including phenoxy) is 3. The minimum Gasteiger partial charge on any atom is -0.479 e. The van der Waals surface area contributed by atoms with Gasteiger partial charge in [0, 0.05) is 43.6 Å². The van der Waals surface area contributed by atoms with Crippen LogP contribution >= 0.6 is 0 Å². The fourth-order valence-corrected chi connectivity index (χ4v) is 4.09. The topological polar surface area (TPSA) is 189 Å². The number of nitrogens with one attached hydrogen (secondary N) is 1. The molecule has 2 aliphatic heterocycles. The number of aliphatic hydroxyl groups excluding tert-OH is 2. The fraction of sp³-hybridized carbons (Fsp3) is 0.500. The van der Waals surface area contributed by atoms with Gasteiger partial charge in [0.05, 0.1) is 12.7 Å². The van der Waals surface area contributed by atoms with Gasteiger partial charge in [-0.15, -0.1) is 0 Å². The van der Waals surface area contributed by atoms with Crippen LogP contribution in [0.2, 0.25) is 0 Å². The summed E-state index contributed by atoms with van der Waals surface area (Å²) >= 11 is 0. The van der Waals surface area contributed by atoms with Crippen molar-refractivity contribution in [3.05, 3.63) is 41.5 Å². The predicted molar refractivity (Wildman–Crippen MR) is 132 cm³/mol. The van der Waals surface area contributed by atoms with Gasteiger partial charge in [0.15, 0.2) is 6.10 Å². The van der Waals surface area contributed by atoms with Gasteiger partial charge in [-0.3, -0.25) is 19.3 Å². The van der Waals surface area contributed by atoms with Gasteiger partial charge in [-0.2, -0.15) is 0 Å². The van der Waals surface area contributed by atoms with E-state index in [9.17, 15) is 39.3 Å². The number of unbranched alkanes of at least 4 members (excludes halogenated alkanes) is 1. The van der Waals surface area contributed by atoms with E-state index in [1.165, 1.54) is 12.2 Å². The monoisotopic (exact) mass is 548 g/mol. The van der Waals surface area contributed by atoms with E-state index in [2.05, 4.69) is 5.32 Å². The molecule has 3 amide bonds. The van der Waals surface area contributed by atoms with Gasteiger partial charge in [0.1, 0.15) is 24.7 Å². The van der Waals surface area contributed by atoms with Crippen molar-refractivity contribution in [2.75, 3.05) is 19.7 Å². The Balaban J connectivity index is 1.50. The third-order valence-electron chi connectivity index (χ3n) is 6.19. The molecule has 212 valence electrons. The Labute approximate surface area is 224 Å². The summed E-state index contributed by atoms with van der Waals surface area (Å²) in [7, 11) is 0. The number of nitrogens with zero attached hydrogens (tertiary/aromatic N) is 1. The molecular formula is C26H32N2O11. The molecule has 0 unspecified atom stereocenters. The largest absolute Gasteiger partial charge is 0.479 e. The Hall–Kier alpha value is -3.65. The predicted octanol–water partition coefficient (Wildman–Crippen LogP) is -0.544. The van der Waals surface area contributed by atoms with Crippen LogP contribution in [0.5, 0.6) is 5.75 Å². The zero-order valence-corrected chi connectivity index (χ0v) is 21.2. The van der Waals surface area contributed by atoms with Gasteiger partial charge in [-0.05, 0) is 37.0 Å². The normalized spacial score (nSPS) is 22.7.